The zero-order valence-corrected chi connectivity index (χ0v) is 12.0. The summed E-state index contributed by atoms with van der Waals surface area (Å²) in [5, 5.41) is 0.860. The minimum Gasteiger partial charge on any atom is -0.491 e. The fraction of sp³-hybridized carbons (Fsp3) is 0.429. The number of benzene rings is 1. The van der Waals surface area contributed by atoms with E-state index in [0.29, 0.717) is 19.8 Å². The quantitative estimate of drug-likeness (QED) is 0.453. The van der Waals surface area contributed by atoms with Gasteiger partial charge in [-0.2, -0.15) is 0 Å². The molecule has 17 heavy (non-hydrogen) atoms. The first-order valence-corrected chi connectivity index (χ1v) is 6.78. The Morgan fingerprint density at radius 3 is 2.35 bits per heavy atom. The molecule has 0 unspecified atom stereocenters. The summed E-state index contributed by atoms with van der Waals surface area (Å²) in [6.45, 7) is 5.38. The van der Waals surface area contributed by atoms with Crippen molar-refractivity contribution in [2.45, 2.75) is 19.2 Å². The Kier molecular flexibility index (Phi) is 10.8. The predicted molar refractivity (Wildman–Crippen MR) is 75.6 cm³/mol. The average molecular weight is 299 g/mol. The van der Waals surface area contributed by atoms with Gasteiger partial charge in [-0.05, 0) is 17.7 Å². The van der Waals surface area contributed by atoms with Crippen molar-refractivity contribution in [3.8, 4) is 18.1 Å². The molecular formula is C14H19BrO2. The van der Waals surface area contributed by atoms with Gasteiger partial charge in [-0.25, -0.2) is 0 Å². The van der Waals surface area contributed by atoms with E-state index < -0.39 is 0 Å². The van der Waals surface area contributed by atoms with Crippen LogP contribution in [0.4, 0.5) is 0 Å². The van der Waals surface area contributed by atoms with Crippen LogP contribution in [0.15, 0.2) is 24.3 Å². The molecule has 0 amide bonds. The summed E-state index contributed by atoms with van der Waals surface area (Å²) in [5.74, 6) is 3.25. The summed E-state index contributed by atoms with van der Waals surface area (Å²) in [7, 11) is 0. The van der Waals surface area contributed by atoms with Crippen molar-refractivity contribution in [2.75, 3.05) is 19.8 Å². The molecule has 94 valence electrons. The number of hydrogen-bond donors (Lipinski definition) is 0. The lowest BCUT2D eigenvalue weighted by atomic mass is 10.2. The maximum absolute atomic E-state index is 5.44. The maximum atomic E-state index is 5.44. The zero-order chi connectivity index (χ0) is 12.9. The molecule has 0 saturated heterocycles. The summed E-state index contributed by atoms with van der Waals surface area (Å²) in [6, 6.07) is 7.92. The van der Waals surface area contributed by atoms with Crippen molar-refractivity contribution >= 4 is 15.9 Å². The summed E-state index contributed by atoms with van der Waals surface area (Å²) in [6.07, 6.45) is 5.03. The van der Waals surface area contributed by atoms with E-state index in [0.717, 1.165) is 11.1 Å². The topological polar surface area (TPSA) is 18.5 Å². The van der Waals surface area contributed by atoms with Gasteiger partial charge in [0.05, 0.1) is 6.61 Å². The Morgan fingerprint density at radius 1 is 1.18 bits per heavy atom. The number of terminal acetylenes is 1. The van der Waals surface area contributed by atoms with Gasteiger partial charge in [-0.15, -0.1) is 6.42 Å². The van der Waals surface area contributed by atoms with Gasteiger partial charge in [0.25, 0.3) is 0 Å². The zero-order valence-electron chi connectivity index (χ0n) is 10.4. The maximum Gasteiger partial charge on any atom is 0.119 e. The van der Waals surface area contributed by atoms with Crippen molar-refractivity contribution < 1.29 is 9.47 Å². The predicted octanol–water partition coefficient (Wildman–Crippen LogP) is 3.64. The van der Waals surface area contributed by atoms with Crippen LogP contribution < -0.4 is 4.74 Å². The highest BCUT2D eigenvalue weighted by molar-refractivity contribution is 9.08. The molecular weight excluding hydrogens is 280 g/mol. The highest BCUT2D eigenvalue weighted by atomic mass is 79.9. The average Bonchev–Trinajstić information content (AvgIpc) is 2.41. The summed E-state index contributed by atoms with van der Waals surface area (Å²) >= 11 is 3.38. The molecule has 1 aromatic carbocycles. The molecule has 0 aliphatic heterocycles. The van der Waals surface area contributed by atoms with Crippen molar-refractivity contribution in [3.63, 3.8) is 0 Å². The Labute approximate surface area is 112 Å². The summed E-state index contributed by atoms with van der Waals surface area (Å²) < 4.78 is 10.5. The van der Waals surface area contributed by atoms with Gasteiger partial charge in [0, 0.05) is 5.33 Å². The minimum absolute atomic E-state index is 0.339. The van der Waals surface area contributed by atoms with E-state index in [9.17, 15) is 0 Å². The van der Waals surface area contributed by atoms with Gasteiger partial charge < -0.3 is 9.47 Å². The second-order valence-electron chi connectivity index (χ2n) is 2.88. The molecule has 0 bridgehead atoms. The molecule has 0 aliphatic carbocycles. The lowest BCUT2D eigenvalue weighted by Crippen LogP contribution is -2.06. The number of ether oxygens (including phenoxy) is 2. The Balaban J connectivity index is 0.00000121. The smallest absolute Gasteiger partial charge is 0.119 e. The third-order valence-corrected chi connectivity index (χ3v) is 2.41. The monoisotopic (exact) mass is 298 g/mol. The fourth-order valence-corrected chi connectivity index (χ4v) is 1.40. The molecule has 0 fully saturated rings. The van der Waals surface area contributed by atoms with Gasteiger partial charge in [-0.3, -0.25) is 0 Å². The molecule has 3 heteroatoms. The van der Waals surface area contributed by atoms with Crippen LogP contribution >= 0.6 is 15.9 Å². The van der Waals surface area contributed by atoms with Gasteiger partial charge >= 0.3 is 0 Å². The Bertz CT molecular complexity index is 314. The van der Waals surface area contributed by atoms with Crippen LogP contribution in [0.1, 0.15) is 19.4 Å². The van der Waals surface area contributed by atoms with Crippen molar-refractivity contribution in [1.82, 2.24) is 0 Å². The third-order valence-electron chi connectivity index (χ3n) is 1.76. The first-order chi connectivity index (χ1) is 8.36. The van der Waals surface area contributed by atoms with Crippen LogP contribution in [0.3, 0.4) is 0 Å². The standard InChI is InChI=1S/C12H13BrO2.C2H6/c1-2-7-14-8-9-15-12-5-3-11(10-13)4-6-12;1-2/h1,3-6H,7-10H2;1-2H3. The second kappa shape index (κ2) is 11.5. The summed E-state index contributed by atoms with van der Waals surface area (Å²) in [4.78, 5) is 0. The van der Waals surface area contributed by atoms with E-state index in [2.05, 4.69) is 21.9 Å². The van der Waals surface area contributed by atoms with E-state index in [-0.39, 0.29) is 0 Å². The molecule has 0 aliphatic rings. The molecule has 0 spiro atoms. The van der Waals surface area contributed by atoms with Crippen molar-refractivity contribution in [2.24, 2.45) is 0 Å². The molecule has 1 aromatic rings. The minimum atomic E-state index is 0.339. The van der Waals surface area contributed by atoms with Crippen LogP contribution in [0.2, 0.25) is 0 Å². The van der Waals surface area contributed by atoms with Crippen molar-refractivity contribution in [1.29, 1.82) is 0 Å². The van der Waals surface area contributed by atoms with E-state index in [1.807, 2.05) is 38.1 Å². The molecule has 0 heterocycles. The van der Waals surface area contributed by atoms with Gasteiger partial charge in [-0.1, -0.05) is 47.8 Å². The second-order valence-corrected chi connectivity index (χ2v) is 3.44. The first kappa shape index (κ1) is 16.0. The fourth-order valence-electron chi connectivity index (χ4n) is 1.02. The Hall–Kier alpha value is -0.980. The number of halogens is 1. The largest absolute Gasteiger partial charge is 0.491 e. The molecule has 0 N–H and O–H groups in total. The number of rotatable bonds is 6. The summed E-state index contributed by atoms with van der Waals surface area (Å²) in [5.41, 5.74) is 1.23. The SMILES string of the molecule is C#CCOCCOc1ccc(CBr)cc1.CC. The molecule has 0 saturated carbocycles. The highest BCUT2D eigenvalue weighted by Crippen LogP contribution is 2.13. The first-order valence-electron chi connectivity index (χ1n) is 5.65. The lowest BCUT2D eigenvalue weighted by Gasteiger charge is -2.06. The van der Waals surface area contributed by atoms with Crippen molar-refractivity contribution in [3.05, 3.63) is 29.8 Å². The van der Waals surface area contributed by atoms with Crippen LogP contribution in [0.25, 0.3) is 0 Å². The molecule has 0 radical (unpaired) electrons. The van der Waals surface area contributed by atoms with Gasteiger partial charge in [0.2, 0.25) is 0 Å². The van der Waals surface area contributed by atoms with Crippen LogP contribution in [0.5, 0.6) is 5.75 Å². The van der Waals surface area contributed by atoms with Crippen LogP contribution in [-0.4, -0.2) is 19.8 Å². The lowest BCUT2D eigenvalue weighted by molar-refractivity contribution is 0.124. The normalized spacial score (nSPS) is 8.82. The number of alkyl halides is 1. The van der Waals surface area contributed by atoms with Gasteiger partial charge in [0.1, 0.15) is 19.0 Å². The van der Waals surface area contributed by atoms with E-state index >= 15 is 0 Å². The Morgan fingerprint density at radius 2 is 1.82 bits per heavy atom. The van der Waals surface area contributed by atoms with Crippen LogP contribution in [0, 0.1) is 12.3 Å². The van der Waals surface area contributed by atoms with E-state index in [4.69, 9.17) is 15.9 Å². The van der Waals surface area contributed by atoms with E-state index in [1.165, 1.54) is 5.56 Å². The van der Waals surface area contributed by atoms with E-state index in [1.54, 1.807) is 0 Å². The molecule has 0 atom stereocenters. The molecule has 0 aromatic heterocycles. The van der Waals surface area contributed by atoms with Gasteiger partial charge in [0.15, 0.2) is 0 Å². The number of hydrogen-bond acceptors (Lipinski definition) is 2. The third kappa shape index (κ3) is 7.84. The van der Waals surface area contributed by atoms with Crippen LogP contribution in [-0.2, 0) is 10.1 Å². The molecule has 1 rings (SSSR count). The molecule has 2 nitrogen and oxygen atoms in total. The highest BCUT2D eigenvalue weighted by Gasteiger charge is 1.94.